The van der Waals surface area contributed by atoms with Gasteiger partial charge in [0.05, 0.1) is 11.7 Å². The number of aromatic nitrogens is 2. The summed E-state index contributed by atoms with van der Waals surface area (Å²) in [5, 5.41) is 8.03. The molecule has 1 heterocycles. The van der Waals surface area contributed by atoms with Gasteiger partial charge in [-0.2, -0.15) is 5.10 Å². The molecule has 2 aromatic rings. The van der Waals surface area contributed by atoms with Crippen molar-refractivity contribution in [2.24, 2.45) is 7.05 Å². The molecular weight excluding hydrogens is 312 g/mol. The monoisotopic (exact) mass is 334 g/mol. The van der Waals surface area contributed by atoms with Gasteiger partial charge in [-0.25, -0.2) is 0 Å². The molecule has 23 heavy (non-hydrogen) atoms. The highest BCUT2D eigenvalue weighted by Crippen LogP contribution is 2.20. The Hall–Kier alpha value is -1.85. The number of amides is 1. The molecule has 1 aromatic heterocycles. The first-order valence-corrected chi connectivity index (χ1v) is 7.96. The first-order valence-electron chi connectivity index (χ1n) is 7.58. The lowest BCUT2D eigenvalue weighted by atomic mass is 10.0. The van der Waals surface area contributed by atoms with Crippen molar-refractivity contribution in [3.63, 3.8) is 0 Å². The van der Waals surface area contributed by atoms with E-state index in [1.165, 1.54) is 0 Å². The third-order valence-electron chi connectivity index (χ3n) is 3.68. The molecule has 0 aliphatic heterocycles. The Balaban J connectivity index is 2.18. The molecule has 6 heteroatoms. The standard InChI is InChI=1S/C17H23ClN4O/c1-12-11-16(22(4)20-12)17(23)19-15(9-10-21(2)3)13-5-7-14(18)8-6-13/h5-8,11,15H,9-10H2,1-4H3,(H,19,23). The zero-order valence-electron chi connectivity index (χ0n) is 14.0. The number of nitrogens with one attached hydrogen (secondary N) is 1. The lowest BCUT2D eigenvalue weighted by molar-refractivity contribution is 0.0923. The Morgan fingerprint density at radius 2 is 2.00 bits per heavy atom. The van der Waals surface area contributed by atoms with Gasteiger partial charge >= 0.3 is 0 Å². The summed E-state index contributed by atoms with van der Waals surface area (Å²) in [4.78, 5) is 14.7. The van der Waals surface area contributed by atoms with E-state index in [1.807, 2.05) is 45.3 Å². The number of halogens is 1. The number of hydrogen-bond acceptors (Lipinski definition) is 3. The summed E-state index contributed by atoms with van der Waals surface area (Å²) < 4.78 is 1.61. The second kappa shape index (κ2) is 7.62. The van der Waals surface area contributed by atoms with Gasteiger partial charge in [-0.1, -0.05) is 23.7 Å². The third kappa shape index (κ3) is 4.81. The van der Waals surface area contributed by atoms with Crippen LogP contribution in [0.1, 0.15) is 34.2 Å². The topological polar surface area (TPSA) is 50.2 Å². The first-order chi connectivity index (χ1) is 10.9. The Kier molecular flexibility index (Phi) is 5.80. The molecule has 0 saturated carbocycles. The summed E-state index contributed by atoms with van der Waals surface area (Å²) in [5.41, 5.74) is 2.43. The summed E-state index contributed by atoms with van der Waals surface area (Å²) in [6.07, 6.45) is 0.817. The van der Waals surface area contributed by atoms with Crippen LogP contribution in [-0.2, 0) is 7.05 Å². The van der Waals surface area contributed by atoms with Gasteiger partial charge in [0.1, 0.15) is 5.69 Å². The van der Waals surface area contributed by atoms with E-state index >= 15 is 0 Å². The van der Waals surface area contributed by atoms with Crippen molar-refractivity contribution < 1.29 is 4.79 Å². The largest absolute Gasteiger partial charge is 0.344 e. The highest BCUT2D eigenvalue weighted by atomic mass is 35.5. The minimum absolute atomic E-state index is 0.0719. The second-order valence-corrected chi connectivity index (χ2v) is 6.40. The van der Waals surface area contributed by atoms with Crippen LogP contribution in [-0.4, -0.2) is 41.2 Å². The minimum Gasteiger partial charge on any atom is -0.344 e. The fourth-order valence-corrected chi connectivity index (χ4v) is 2.59. The van der Waals surface area contributed by atoms with E-state index in [-0.39, 0.29) is 11.9 Å². The summed E-state index contributed by atoms with van der Waals surface area (Å²) in [5.74, 6) is -0.119. The smallest absolute Gasteiger partial charge is 0.270 e. The Labute approximate surface area is 142 Å². The summed E-state index contributed by atoms with van der Waals surface area (Å²) in [6, 6.07) is 9.33. The maximum absolute atomic E-state index is 12.6. The van der Waals surface area contributed by atoms with Crippen LogP contribution in [0.25, 0.3) is 0 Å². The molecule has 124 valence electrons. The number of rotatable bonds is 6. The van der Waals surface area contributed by atoms with Crippen LogP contribution in [0.4, 0.5) is 0 Å². The molecular formula is C17H23ClN4O. The van der Waals surface area contributed by atoms with Crippen LogP contribution in [0.2, 0.25) is 5.02 Å². The van der Waals surface area contributed by atoms with Crippen molar-refractivity contribution in [3.05, 3.63) is 52.3 Å². The lowest BCUT2D eigenvalue weighted by Crippen LogP contribution is -2.32. The molecule has 0 fully saturated rings. The number of carbonyl (C=O) groups is 1. The van der Waals surface area contributed by atoms with Crippen LogP contribution >= 0.6 is 11.6 Å². The average Bonchev–Trinajstić information content (AvgIpc) is 2.83. The summed E-state index contributed by atoms with van der Waals surface area (Å²) >= 11 is 5.96. The maximum atomic E-state index is 12.6. The molecule has 5 nitrogen and oxygen atoms in total. The molecule has 1 N–H and O–H groups in total. The van der Waals surface area contributed by atoms with E-state index < -0.39 is 0 Å². The predicted molar refractivity (Wildman–Crippen MR) is 92.8 cm³/mol. The average molecular weight is 335 g/mol. The van der Waals surface area contributed by atoms with E-state index in [0.717, 1.165) is 24.2 Å². The highest BCUT2D eigenvalue weighted by molar-refractivity contribution is 6.30. The molecule has 0 saturated heterocycles. The van der Waals surface area contributed by atoms with E-state index in [4.69, 9.17) is 11.6 Å². The molecule has 1 aromatic carbocycles. The van der Waals surface area contributed by atoms with Gasteiger partial charge < -0.3 is 10.2 Å². The first kappa shape index (κ1) is 17.5. The van der Waals surface area contributed by atoms with Gasteiger partial charge in [-0.3, -0.25) is 9.48 Å². The second-order valence-electron chi connectivity index (χ2n) is 5.96. The van der Waals surface area contributed by atoms with E-state index in [9.17, 15) is 4.79 Å². The van der Waals surface area contributed by atoms with Crippen molar-refractivity contribution in [2.75, 3.05) is 20.6 Å². The fraction of sp³-hybridized carbons (Fsp3) is 0.412. The third-order valence-corrected chi connectivity index (χ3v) is 3.93. The highest BCUT2D eigenvalue weighted by Gasteiger charge is 2.18. The van der Waals surface area contributed by atoms with E-state index in [0.29, 0.717) is 10.7 Å². The number of carbonyl (C=O) groups excluding carboxylic acids is 1. The maximum Gasteiger partial charge on any atom is 0.270 e. The SMILES string of the molecule is Cc1cc(C(=O)NC(CCN(C)C)c2ccc(Cl)cc2)n(C)n1. The molecule has 1 atom stereocenters. The molecule has 0 bridgehead atoms. The van der Waals surface area contributed by atoms with Crippen LogP contribution < -0.4 is 5.32 Å². The van der Waals surface area contributed by atoms with Crippen molar-refractivity contribution >= 4 is 17.5 Å². The van der Waals surface area contributed by atoms with E-state index in [2.05, 4.69) is 15.3 Å². The molecule has 0 radical (unpaired) electrons. The fourth-order valence-electron chi connectivity index (χ4n) is 2.46. The molecule has 2 rings (SSSR count). The number of nitrogens with zero attached hydrogens (tertiary/aromatic N) is 3. The van der Waals surface area contributed by atoms with Crippen molar-refractivity contribution in [1.82, 2.24) is 20.0 Å². The van der Waals surface area contributed by atoms with Crippen LogP contribution in [0.5, 0.6) is 0 Å². The van der Waals surface area contributed by atoms with Gasteiger partial charge in [0.2, 0.25) is 0 Å². The molecule has 1 unspecified atom stereocenters. The van der Waals surface area contributed by atoms with Crippen LogP contribution in [0, 0.1) is 6.92 Å². The Morgan fingerprint density at radius 1 is 1.35 bits per heavy atom. The number of aryl methyl sites for hydroxylation is 2. The van der Waals surface area contributed by atoms with Gasteiger partial charge in [0, 0.05) is 12.1 Å². The summed E-state index contributed by atoms with van der Waals surface area (Å²) in [7, 11) is 5.81. The quantitative estimate of drug-likeness (QED) is 0.883. The van der Waals surface area contributed by atoms with Crippen LogP contribution in [0.3, 0.4) is 0 Å². The number of benzene rings is 1. The number of hydrogen-bond donors (Lipinski definition) is 1. The van der Waals surface area contributed by atoms with Crippen molar-refractivity contribution in [3.8, 4) is 0 Å². The lowest BCUT2D eigenvalue weighted by Gasteiger charge is -2.21. The molecule has 0 aliphatic rings. The zero-order chi connectivity index (χ0) is 17.0. The molecule has 0 spiro atoms. The Morgan fingerprint density at radius 3 is 2.52 bits per heavy atom. The Bertz CT molecular complexity index is 664. The zero-order valence-corrected chi connectivity index (χ0v) is 14.8. The predicted octanol–water partition coefficient (Wildman–Crippen LogP) is 2.80. The minimum atomic E-state index is -0.119. The van der Waals surface area contributed by atoms with Crippen molar-refractivity contribution in [2.45, 2.75) is 19.4 Å². The molecule has 0 aliphatic carbocycles. The normalized spacial score (nSPS) is 12.4. The molecule has 1 amide bonds. The van der Waals surface area contributed by atoms with Gasteiger partial charge in [0.15, 0.2) is 0 Å². The van der Waals surface area contributed by atoms with Crippen molar-refractivity contribution in [1.29, 1.82) is 0 Å². The van der Waals surface area contributed by atoms with Gasteiger partial charge in [-0.05, 0) is 57.7 Å². The van der Waals surface area contributed by atoms with E-state index in [1.54, 1.807) is 17.8 Å². The summed E-state index contributed by atoms with van der Waals surface area (Å²) in [6.45, 7) is 2.75. The van der Waals surface area contributed by atoms with Gasteiger partial charge in [0.25, 0.3) is 5.91 Å². The van der Waals surface area contributed by atoms with Gasteiger partial charge in [-0.15, -0.1) is 0 Å². The van der Waals surface area contributed by atoms with Crippen LogP contribution in [0.15, 0.2) is 30.3 Å².